The SMILES string of the molecule is CCC(O)CCNC1CCOC(C)(CC)C1. The summed E-state index contributed by atoms with van der Waals surface area (Å²) in [7, 11) is 0. The summed E-state index contributed by atoms with van der Waals surface area (Å²) in [6.07, 6.45) is 4.82. The normalized spacial score (nSPS) is 32.6. The third-order valence-corrected chi connectivity index (χ3v) is 3.72. The summed E-state index contributed by atoms with van der Waals surface area (Å²) in [6.45, 7) is 8.18. The van der Waals surface area contributed by atoms with Gasteiger partial charge in [0.1, 0.15) is 0 Å². The lowest BCUT2D eigenvalue weighted by Crippen LogP contribution is -2.45. The molecule has 96 valence electrons. The molecule has 1 aliphatic heterocycles. The maximum Gasteiger partial charge on any atom is 0.0666 e. The molecule has 3 nitrogen and oxygen atoms in total. The van der Waals surface area contributed by atoms with E-state index in [4.69, 9.17) is 4.74 Å². The molecule has 2 N–H and O–H groups in total. The van der Waals surface area contributed by atoms with E-state index < -0.39 is 0 Å². The van der Waals surface area contributed by atoms with Crippen molar-refractivity contribution in [3.8, 4) is 0 Å². The average Bonchev–Trinajstić information content (AvgIpc) is 2.29. The van der Waals surface area contributed by atoms with Crippen molar-refractivity contribution in [3.05, 3.63) is 0 Å². The zero-order chi connectivity index (χ0) is 12.0. The number of nitrogens with one attached hydrogen (secondary N) is 1. The van der Waals surface area contributed by atoms with Crippen molar-refractivity contribution < 1.29 is 9.84 Å². The van der Waals surface area contributed by atoms with Crippen molar-refractivity contribution in [3.63, 3.8) is 0 Å². The molecule has 3 unspecified atom stereocenters. The Morgan fingerprint density at radius 3 is 2.88 bits per heavy atom. The number of rotatable bonds is 6. The first-order chi connectivity index (χ1) is 7.59. The van der Waals surface area contributed by atoms with Crippen molar-refractivity contribution in [2.24, 2.45) is 0 Å². The van der Waals surface area contributed by atoms with Crippen molar-refractivity contribution in [2.75, 3.05) is 13.2 Å². The van der Waals surface area contributed by atoms with Gasteiger partial charge in [-0.1, -0.05) is 13.8 Å². The molecule has 3 heteroatoms. The van der Waals surface area contributed by atoms with Gasteiger partial charge in [-0.15, -0.1) is 0 Å². The second kappa shape index (κ2) is 6.58. The van der Waals surface area contributed by atoms with Gasteiger partial charge in [0.25, 0.3) is 0 Å². The van der Waals surface area contributed by atoms with E-state index >= 15 is 0 Å². The highest BCUT2D eigenvalue weighted by molar-refractivity contribution is 4.85. The summed E-state index contributed by atoms with van der Waals surface area (Å²) >= 11 is 0. The van der Waals surface area contributed by atoms with Gasteiger partial charge in [0.05, 0.1) is 11.7 Å². The molecule has 3 atom stereocenters. The van der Waals surface area contributed by atoms with Gasteiger partial charge in [-0.05, 0) is 45.6 Å². The van der Waals surface area contributed by atoms with Crippen LogP contribution in [0.3, 0.4) is 0 Å². The fourth-order valence-electron chi connectivity index (χ4n) is 2.21. The predicted octanol–water partition coefficient (Wildman–Crippen LogP) is 2.08. The molecule has 0 bridgehead atoms. The lowest BCUT2D eigenvalue weighted by molar-refractivity contribution is -0.0780. The molecular weight excluding hydrogens is 202 g/mol. The summed E-state index contributed by atoms with van der Waals surface area (Å²) in [4.78, 5) is 0. The van der Waals surface area contributed by atoms with Crippen molar-refractivity contribution in [1.29, 1.82) is 0 Å². The number of hydrogen-bond acceptors (Lipinski definition) is 3. The summed E-state index contributed by atoms with van der Waals surface area (Å²) in [5, 5.41) is 13.0. The molecule has 1 saturated heterocycles. The topological polar surface area (TPSA) is 41.5 Å². The van der Waals surface area contributed by atoms with Crippen LogP contribution in [0.1, 0.15) is 52.9 Å². The van der Waals surface area contributed by atoms with E-state index in [1.807, 2.05) is 6.92 Å². The van der Waals surface area contributed by atoms with E-state index in [9.17, 15) is 5.11 Å². The highest BCUT2D eigenvalue weighted by Gasteiger charge is 2.31. The standard InChI is InChI=1S/C13H27NO2/c1-4-12(15)6-8-14-11-7-9-16-13(3,5-2)10-11/h11-12,14-15H,4-10H2,1-3H3. The summed E-state index contributed by atoms with van der Waals surface area (Å²) in [5.41, 5.74) is 0.0549. The number of ether oxygens (including phenoxy) is 1. The van der Waals surface area contributed by atoms with Crippen LogP contribution in [0.15, 0.2) is 0 Å². The van der Waals surface area contributed by atoms with Gasteiger partial charge in [0.2, 0.25) is 0 Å². The van der Waals surface area contributed by atoms with Crippen molar-refractivity contribution in [1.82, 2.24) is 5.32 Å². The molecule has 0 aromatic heterocycles. The Balaban J connectivity index is 2.22. The largest absolute Gasteiger partial charge is 0.393 e. The lowest BCUT2D eigenvalue weighted by Gasteiger charge is -2.38. The summed E-state index contributed by atoms with van der Waals surface area (Å²) in [5.74, 6) is 0. The van der Waals surface area contributed by atoms with E-state index in [0.29, 0.717) is 6.04 Å². The van der Waals surface area contributed by atoms with E-state index in [0.717, 1.165) is 45.3 Å². The highest BCUT2D eigenvalue weighted by atomic mass is 16.5. The molecule has 0 aromatic carbocycles. The van der Waals surface area contributed by atoms with Crippen LogP contribution in [0.4, 0.5) is 0 Å². The van der Waals surface area contributed by atoms with Crippen LogP contribution < -0.4 is 5.32 Å². The number of aliphatic hydroxyl groups excluding tert-OH is 1. The highest BCUT2D eigenvalue weighted by Crippen LogP contribution is 2.27. The van der Waals surface area contributed by atoms with E-state index in [1.165, 1.54) is 0 Å². The molecule has 16 heavy (non-hydrogen) atoms. The van der Waals surface area contributed by atoms with Gasteiger partial charge in [0.15, 0.2) is 0 Å². The minimum absolute atomic E-state index is 0.0549. The number of hydrogen-bond donors (Lipinski definition) is 2. The third kappa shape index (κ3) is 4.40. The smallest absolute Gasteiger partial charge is 0.0666 e. The first kappa shape index (κ1) is 13.9. The Kier molecular flexibility index (Phi) is 5.73. The Bertz CT molecular complexity index is 198. The Morgan fingerprint density at radius 1 is 1.50 bits per heavy atom. The Morgan fingerprint density at radius 2 is 2.25 bits per heavy atom. The van der Waals surface area contributed by atoms with Crippen LogP contribution in [-0.2, 0) is 4.74 Å². The molecule has 0 aliphatic carbocycles. The zero-order valence-corrected chi connectivity index (χ0v) is 11.0. The van der Waals surface area contributed by atoms with E-state index in [2.05, 4.69) is 19.2 Å². The van der Waals surface area contributed by atoms with Gasteiger partial charge < -0.3 is 15.2 Å². The molecule has 1 aliphatic rings. The second-order valence-corrected chi connectivity index (χ2v) is 5.15. The Labute approximate surface area is 99.6 Å². The quantitative estimate of drug-likeness (QED) is 0.733. The zero-order valence-electron chi connectivity index (χ0n) is 11.0. The minimum Gasteiger partial charge on any atom is -0.393 e. The molecule has 0 spiro atoms. The fourth-order valence-corrected chi connectivity index (χ4v) is 2.21. The lowest BCUT2D eigenvalue weighted by atomic mass is 9.90. The van der Waals surface area contributed by atoms with Crippen LogP contribution >= 0.6 is 0 Å². The van der Waals surface area contributed by atoms with Crippen LogP contribution in [0.2, 0.25) is 0 Å². The van der Waals surface area contributed by atoms with Gasteiger partial charge in [-0.3, -0.25) is 0 Å². The first-order valence-corrected chi connectivity index (χ1v) is 6.65. The molecule has 0 radical (unpaired) electrons. The van der Waals surface area contributed by atoms with Crippen molar-refractivity contribution >= 4 is 0 Å². The summed E-state index contributed by atoms with van der Waals surface area (Å²) in [6, 6.07) is 0.558. The van der Waals surface area contributed by atoms with Crippen LogP contribution in [-0.4, -0.2) is 36.0 Å². The average molecular weight is 229 g/mol. The monoisotopic (exact) mass is 229 g/mol. The molecule has 1 fully saturated rings. The van der Waals surface area contributed by atoms with Gasteiger partial charge in [-0.25, -0.2) is 0 Å². The van der Waals surface area contributed by atoms with Crippen LogP contribution in [0.5, 0.6) is 0 Å². The second-order valence-electron chi connectivity index (χ2n) is 5.15. The minimum atomic E-state index is -0.148. The molecular formula is C13H27NO2. The van der Waals surface area contributed by atoms with E-state index in [-0.39, 0.29) is 11.7 Å². The molecule has 1 rings (SSSR count). The number of aliphatic hydroxyl groups is 1. The molecule has 1 heterocycles. The predicted molar refractivity (Wildman–Crippen MR) is 66.6 cm³/mol. The van der Waals surface area contributed by atoms with Gasteiger partial charge in [0, 0.05) is 12.6 Å². The maximum absolute atomic E-state index is 9.47. The summed E-state index contributed by atoms with van der Waals surface area (Å²) < 4.78 is 5.80. The van der Waals surface area contributed by atoms with Crippen LogP contribution in [0, 0.1) is 0 Å². The fraction of sp³-hybridized carbons (Fsp3) is 1.00. The molecule has 0 aromatic rings. The first-order valence-electron chi connectivity index (χ1n) is 6.65. The van der Waals surface area contributed by atoms with Gasteiger partial charge >= 0.3 is 0 Å². The molecule has 0 saturated carbocycles. The maximum atomic E-state index is 9.47. The third-order valence-electron chi connectivity index (χ3n) is 3.72. The Hall–Kier alpha value is -0.120. The van der Waals surface area contributed by atoms with E-state index in [1.54, 1.807) is 0 Å². The van der Waals surface area contributed by atoms with Crippen molar-refractivity contribution in [2.45, 2.75) is 70.6 Å². The van der Waals surface area contributed by atoms with Gasteiger partial charge in [-0.2, -0.15) is 0 Å². The van der Waals surface area contributed by atoms with Crippen LogP contribution in [0.25, 0.3) is 0 Å². The molecule has 0 amide bonds.